The van der Waals surface area contributed by atoms with Crippen LogP contribution in [0.2, 0.25) is 0 Å². The maximum Gasteiger partial charge on any atom is 0.305 e. The minimum absolute atomic E-state index is 0.0941. The summed E-state index contributed by atoms with van der Waals surface area (Å²) in [5.74, 6) is -4.32. The number of benzene rings is 2. The van der Waals surface area contributed by atoms with Gasteiger partial charge in [-0.05, 0) is 55.3 Å². The highest BCUT2D eigenvalue weighted by Crippen LogP contribution is 2.40. The first-order chi connectivity index (χ1) is 22.7. The standard InChI is InChI=1S/C37H48F3N3O4/c1-3-4-5-6-7-8-9-10-11-12-13-14-15-16-34(45)47-26-37(39,40)25-43-36(28-17-20-30(38)21-18-28)35(27(2)42-43)29-19-22-32-31(23-29)41-33(44)24-46-32/h17-23H,3-16,24-26H2,1-2H3,(H,41,44). The number of amides is 1. The number of aryl methyl sites for hydroxylation is 1. The molecule has 1 aliphatic heterocycles. The van der Waals surface area contributed by atoms with E-state index in [1.807, 2.05) is 0 Å². The zero-order valence-corrected chi connectivity index (χ0v) is 27.7. The Bertz CT molecular complexity index is 1460. The number of nitrogens with zero attached hydrogens (tertiary/aromatic N) is 2. The molecular weight excluding hydrogens is 607 g/mol. The van der Waals surface area contributed by atoms with Crippen LogP contribution in [0.5, 0.6) is 5.75 Å². The van der Waals surface area contributed by atoms with Crippen LogP contribution in [0.4, 0.5) is 18.9 Å². The van der Waals surface area contributed by atoms with Gasteiger partial charge in [-0.2, -0.15) is 5.10 Å². The summed E-state index contributed by atoms with van der Waals surface area (Å²) in [6, 6.07) is 10.7. The van der Waals surface area contributed by atoms with Crippen molar-refractivity contribution in [3.63, 3.8) is 0 Å². The van der Waals surface area contributed by atoms with Gasteiger partial charge >= 0.3 is 11.9 Å². The number of carbonyl (C=O) groups is 2. The molecule has 0 fully saturated rings. The van der Waals surface area contributed by atoms with Crippen molar-refractivity contribution in [3.8, 4) is 28.1 Å². The predicted molar refractivity (Wildman–Crippen MR) is 178 cm³/mol. The van der Waals surface area contributed by atoms with Crippen LogP contribution in [0.15, 0.2) is 42.5 Å². The second kappa shape index (κ2) is 17.9. The van der Waals surface area contributed by atoms with E-state index in [0.29, 0.717) is 45.9 Å². The molecule has 1 N–H and O–H groups in total. The lowest BCUT2D eigenvalue weighted by Crippen LogP contribution is -2.31. The molecule has 0 saturated carbocycles. The molecule has 0 unspecified atom stereocenters. The SMILES string of the molecule is CCCCCCCCCCCCCCCC(=O)OCC(F)(F)Cn1nc(C)c(-c2ccc3c(c2)NC(=O)CO3)c1-c1ccc(F)cc1. The van der Waals surface area contributed by atoms with E-state index >= 15 is 8.78 Å². The molecule has 7 nitrogen and oxygen atoms in total. The van der Waals surface area contributed by atoms with Gasteiger partial charge < -0.3 is 14.8 Å². The number of fused-ring (bicyclic) bond motifs is 1. The lowest BCUT2D eigenvalue weighted by molar-refractivity contribution is -0.157. The van der Waals surface area contributed by atoms with Crippen molar-refractivity contribution in [2.24, 2.45) is 0 Å². The Morgan fingerprint density at radius 1 is 0.915 bits per heavy atom. The molecule has 1 amide bonds. The zero-order valence-electron chi connectivity index (χ0n) is 27.7. The topological polar surface area (TPSA) is 82.5 Å². The number of alkyl halides is 2. The first-order valence-corrected chi connectivity index (χ1v) is 17.1. The van der Waals surface area contributed by atoms with Crippen molar-refractivity contribution in [1.29, 1.82) is 0 Å². The third kappa shape index (κ3) is 11.1. The molecule has 2 heterocycles. The van der Waals surface area contributed by atoms with Crippen LogP contribution in [0, 0.1) is 12.7 Å². The summed E-state index contributed by atoms with van der Waals surface area (Å²) in [6.07, 6.45) is 15.4. The fraction of sp³-hybridized carbons (Fsp3) is 0.541. The Kier molecular flexibility index (Phi) is 13.7. The van der Waals surface area contributed by atoms with E-state index in [2.05, 4.69) is 17.3 Å². The van der Waals surface area contributed by atoms with Gasteiger partial charge in [-0.3, -0.25) is 14.3 Å². The van der Waals surface area contributed by atoms with Crippen LogP contribution in [-0.4, -0.2) is 40.8 Å². The molecule has 1 aromatic heterocycles. The highest BCUT2D eigenvalue weighted by atomic mass is 19.3. The summed E-state index contributed by atoms with van der Waals surface area (Å²) in [7, 11) is 0. The van der Waals surface area contributed by atoms with Crippen molar-refractivity contribution in [3.05, 3.63) is 54.0 Å². The molecule has 10 heteroatoms. The van der Waals surface area contributed by atoms with Gasteiger partial charge in [-0.25, -0.2) is 13.2 Å². The average Bonchev–Trinajstić information content (AvgIpc) is 3.36. The summed E-state index contributed by atoms with van der Waals surface area (Å²) >= 11 is 0. The summed E-state index contributed by atoms with van der Waals surface area (Å²) in [5, 5.41) is 7.18. The van der Waals surface area contributed by atoms with E-state index in [1.165, 1.54) is 86.7 Å². The Balaban J connectivity index is 1.29. The fourth-order valence-electron chi connectivity index (χ4n) is 5.99. The van der Waals surface area contributed by atoms with Crippen molar-refractivity contribution >= 4 is 17.6 Å². The summed E-state index contributed by atoms with van der Waals surface area (Å²) in [6.45, 7) is 1.92. The van der Waals surface area contributed by atoms with E-state index in [1.54, 1.807) is 25.1 Å². The molecule has 0 saturated heterocycles. The third-order valence-corrected chi connectivity index (χ3v) is 8.46. The number of anilines is 1. The van der Waals surface area contributed by atoms with E-state index < -0.39 is 30.9 Å². The quantitative estimate of drug-likeness (QED) is 0.0968. The monoisotopic (exact) mass is 655 g/mol. The number of carbonyl (C=O) groups excluding carboxylic acids is 2. The molecule has 4 rings (SSSR count). The van der Waals surface area contributed by atoms with Gasteiger partial charge in [0.2, 0.25) is 0 Å². The fourth-order valence-corrected chi connectivity index (χ4v) is 5.99. The lowest BCUT2D eigenvalue weighted by Gasteiger charge is -2.20. The number of rotatable bonds is 20. The summed E-state index contributed by atoms with van der Waals surface area (Å²) < 4.78 is 56.0. The van der Waals surface area contributed by atoms with Crippen molar-refractivity contribution in [2.45, 2.75) is 116 Å². The maximum atomic E-state index is 15.3. The maximum absolute atomic E-state index is 15.3. The number of nitrogens with one attached hydrogen (secondary N) is 1. The Labute approximate surface area is 276 Å². The van der Waals surface area contributed by atoms with Gasteiger partial charge in [0.1, 0.15) is 18.1 Å². The van der Waals surface area contributed by atoms with Gasteiger partial charge in [-0.1, -0.05) is 90.0 Å². The van der Waals surface area contributed by atoms with Crippen molar-refractivity contribution in [1.82, 2.24) is 9.78 Å². The molecule has 1 aliphatic rings. The second-order valence-electron chi connectivity index (χ2n) is 12.5. The van der Waals surface area contributed by atoms with Crippen LogP contribution in [0.3, 0.4) is 0 Å². The number of unbranched alkanes of at least 4 members (excludes halogenated alkanes) is 12. The second-order valence-corrected chi connectivity index (χ2v) is 12.5. The normalized spacial score (nSPS) is 12.8. The van der Waals surface area contributed by atoms with E-state index in [4.69, 9.17) is 9.47 Å². The Morgan fingerprint density at radius 3 is 2.15 bits per heavy atom. The number of halogens is 3. The van der Waals surface area contributed by atoms with E-state index in [9.17, 15) is 14.0 Å². The molecule has 0 aliphatic carbocycles. The smallest absolute Gasteiger partial charge is 0.305 e. The number of hydrogen-bond donors (Lipinski definition) is 1. The Morgan fingerprint density at radius 2 is 1.51 bits per heavy atom. The zero-order chi connectivity index (χ0) is 33.6. The number of esters is 1. The van der Waals surface area contributed by atoms with Crippen molar-refractivity contribution < 1.29 is 32.2 Å². The molecular formula is C37H48F3N3O4. The first-order valence-electron chi connectivity index (χ1n) is 17.1. The van der Waals surface area contributed by atoms with Crippen molar-refractivity contribution in [2.75, 3.05) is 18.5 Å². The minimum atomic E-state index is -3.41. The number of hydrogen-bond acceptors (Lipinski definition) is 5. The van der Waals surface area contributed by atoms with Gasteiger partial charge in [0.25, 0.3) is 5.91 Å². The number of ether oxygens (including phenoxy) is 2. The molecule has 2 aromatic carbocycles. The molecule has 0 atom stereocenters. The molecule has 0 spiro atoms. The van der Waals surface area contributed by atoms with Gasteiger partial charge in [-0.15, -0.1) is 0 Å². The highest BCUT2D eigenvalue weighted by Gasteiger charge is 2.34. The highest BCUT2D eigenvalue weighted by molar-refractivity contribution is 5.97. The molecule has 3 aromatic rings. The van der Waals surface area contributed by atoms with E-state index in [-0.39, 0.29) is 18.9 Å². The lowest BCUT2D eigenvalue weighted by atomic mass is 9.98. The van der Waals surface area contributed by atoms with Crippen LogP contribution >= 0.6 is 0 Å². The largest absolute Gasteiger partial charge is 0.482 e. The van der Waals surface area contributed by atoms with Gasteiger partial charge in [0, 0.05) is 17.5 Å². The summed E-state index contributed by atoms with van der Waals surface area (Å²) in [5.41, 5.74) is 2.91. The van der Waals surface area contributed by atoms with Crippen LogP contribution in [0.1, 0.15) is 103 Å². The summed E-state index contributed by atoms with van der Waals surface area (Å²) in [4.78, 5) is 24.2. The molecule has 0 radical (unpaired) electrons. The Hall–Kier alpha value is -3.82. The predicted octanol–water partition coefficient (Wildman–Crippen LogP) is 9.66. The molecule has 256 valence electrons. The molecule has 0 bridgehead atoms. The van der Waals surface area contributed by atoms with Gasteiger partial charge in [0.05, 0.1) is 17.1 Å². The average molecular weight is 656 g/mol. The third-order valence-electron chi connectivity index (χ3n) is 8.46. The van der Waals surface area contributed by atoms with Crippen LogP contribution in [-0.2, 0) is 20.9 Å². The van der Waals surface area contributed by atoms with E-state index in [0.717, 1.165) is 19.3 Å². The molecule has 47 heavy (non-hydrogen) atoms. The van der Waals surface area contributed by atoms with Crippen LogP contribution < -0.4 is 10.1 Å². The van der Waals surface area contributed by atoms with Gasteiger partial charge in [0.15, 0.2) is 13.2 Å². The number of aromatic nitrogens is 2. The first kappa shape index (κ1) is 36.0. The minimum Gasteiger partial charge on any atom is -0.482 e. The van der Waals surface area contributed by atoms with Crippen LogP contribution in [0.25, 0.3) is 22.4 Å².